The van der Waals surface area contributed by atoms with Gasteiger partial charge in [-0.2, -0.15) is 0 Å². The van der Waals surface area contributed by atoms with E-state index >= 15 is 0 Å². The van der Waals surface area contributed by atoms with Crippen molar-refractivity contribution in [1.82, 2.24) is 4.90 Å². The first kappa shape index (κ1) is 19.9. The average molecular weight is 397 g/mol. The molecule has 0 spiro atoms. The minimum Gasteiger partial charge on any atom is -0.484 e. The third kappa shape index (κ3) is 6.13. The summed E-state index contributed by atoms with van der Waals surface area (Å²) in [6, 6.07) is 11.4. The van der Waals surface area contributed by atoms with Crippen LogP contribution in [-0.4, -0.2) is 44.0 Å². The largest absolute Gasteiger partial charge is 0.484 e. The lowest BCUT2D eigenvalue weighted by Crippen LogP contribution is -2.27. The molecule has 0 aliphatic carbocycles. The molecule has 0 aromatic heterocycles. The van der Waals surface area contributed by atoms with E-state index < -0.39 is 0 Å². The fourth-order valence-corrected chi connectivity index (χ4v) is 2.17. The molecule has 0 radical (unpaired) electrons. The highest BCUT2D eigenvalue weighted by molar-refractivity contribution is 6.34. The highest BCUT2D eigenvalue weighted by Crippen LogP contribution is 2.27. The molecule has 8 heteroatoms. The topological polar surface area (TPSA) is 67.9 Å². The molecule has 0 fully saturated rings. The summed E-state index contributed by atoms with van der Waals surface area (Å²) in [6.07, 6.45) is 0. The number of nitrogens with zero attached hydrogens (tertiary/aromatic N) is 1. The van der Waals surface area contributed by atoms with Gasteiger partial charge in [0.05, 0.1) is 5.02 Å². The normalized spacial score (nSPS) is 10.2. The molecule has 2 aromatic carbocycles. The van der Waals surface area contributed by atoms with Crippen LogP contribution in [0.4, 0.5) is 5.69 Å². The Morgan fingerprint density at radius 1 is 1.00 bits per heavy atom. The first-order valence-electron chi connectivity index (χ1n) is 7.66. The van der Waals surface area contributed by atoms with Gasteiger partial charge < -0.3 is 19.7 Å². The minimum atomic E-state index is -0.350. The highest BCUT2D eigenvalue weighted by Gasteiger charge is 2.08. The van der Waals surface area contributed by atoms with Crippen LogP contribution >= 0.6 is 23.2 Å². The molecule has 0 saturated carbocycles. The van der Waals surface area contributed by atoms with E-state index in [0.717, 1.165) is 0 Å². The third-order valence-electron chi connectivity index (χ3n) is 3.25. The summed E-state index contributed by atoms with van der Waals surface area (Å²) in [5, 5.41) is 3.52. The Hall–Kier alpha value is -2.44. The molecule has 0 saturated heterocycles. The Bertz CT molecular complexity index is 779. The van der Waals surface area contributed by atoms with Crippen molar-refractivity contribution in [2.75, 3.05) is 32.6 Å². The van der Waals surface area contributed by atoms with Crippen LogP contribution in [0.5, 0.6) is 11.5 Å². The van der Waals surface area contributed by atoms with E-state index in [4.69, 9.17) is 32.7 Å². The highest BCUT2D eigenvalue weighted by atomic mass is 35.5. The molecule has 138 valence electrons. The van der Waals surface area contributed by atoms with Crippen molar-refractivity contribution in [3.63, 3.8) is 0 Å². The van der Waals surface area contributed by atoms with Crippen LogP contribution in [0.25, 0.3) is 0 Å². The van der Waals surface area contributed by atoms with E-state index in [1.54, 1.807) is 56.6 Å². The second-order valence-electron chi connectivity index (χ2n) is 5.51. The Balaban J connectivity index is 1.83. The summed E-state index contributed by atoms with van der Waals surface area (Å²) in [4.78, 5) is 24.9. The molecule has 2 rings (SSSR count). The van der Waals surface area contributed by atoms with Crippen molar-refractivity contribution in [3.05, 3.63) is 52.5 Å². The van der Waals surface area contributed by atoms with Gasteiger partial charge in [-0.15, -0.1) is 0 Å². The Kier molecular flexibility index (Phi) is 7.12. The van der Waals surface area contributed by atoms with Crippen molar-refractivity contribution >= 4 is 40.7 Å². The number of hydrogen-bond donors (Lipinski definition) is 1. The number of carbonyl (C=O) groups excluding carboxylic acids is 2. The standard InChI is InChI=1S/C18H18Cl2N2O4/c1-22(2)18(24)11-25-14-6-4-13(5-7-14)21-17(23)10-26-16-9-12(19)3-8-15(16)20/h3-9H,10-11H2,1-2H3,(H,21,23). The quantitative estimate of drug-likeness (QED) is 0.777. The summed E-state index contributed by atoms with van der Waals surface area (Å²) in [7, 11) is 3.31. The molecule has 0 bridgehead atoms. The lowest BCUT2D eigenvalue weighted by Gasteiger charge is -2.12. The average Bonchev–Trinajstić information content (AvgIpc) is 2.61. The third-order valence-corrected chi connectivity index (χ3v) is 3.80. The molecule has 1 N–H and O–H groups in total. The van der Waals surface area contributed by atoms with E-state index in [0.29, 0.717) is 27.2 Å². The predicted molar refractivity (Wildman–Crippen MR) is 101 cm³/mol. The Morgan fingerprint density at radius 2 is 1.69 bits per heavy atom. The first-order chi connectivity index (χ1) is 12.3. The maximum Gasteiger partial charge on any atom is 0.262 e. The predicted octanol–water partition coefficient (Wildman–Crippen LogP) is 3.48. The van der Waals surface area contributed by atoms with Crippen LogP contribution in [0.15, 0.2) is 42.5 Å². The SMILES string of the molecule is CN(C)C(=O)COc1ccc(NC(=O)COc2cc(Cl)ccc2Cl)cc1. The number of hydrogen-bond acceptors (Lipinski definition) is 4. The number of nitrogens with one attached hydrogen (secondary N) is 1. The lowest BCUT2D eigenvalue weighted by atomic mass is 10.3. The van der Waals surface area contributed by atoms with Crippen LogP contribution in [0.1, 0.15) is 0 Å². The second kappa shape index (κ2) is 9.31. The van der Waals surface area contributed by atoms with Gasteiger partial charge in [-0.25, -0.2) is 0 Å². The van der Waals surface area contributed by atoms with Gasteiger partial charge in [0.25, 0.3) is 11.8 Å². The van der Waals surface area contributed by atoms with Gasteiger partial charge in [0.15, 0.2) is 13.2 Å². The molecular weight excluding hydrogens is 379 g/mol. The molecule has 6 nitrogen and oxygen atoms in total. The number of amides is 2. The number of carbonyl (C=O) groups is 2. The molecule has 0 atom stereocenters. The van der Waals surface area contributed by atoms with Crippen LogP contribution in [0.3, 0.4) is 0 Å². The van der Waals surface area contributed by atoms with Crippen molar-refractivity contribution < 1.29 is 19.1 Å². The van der Waals surface area contributed by atoms with Crippen molar-refractivity contribution in [2.45, 2.75) is 0 Å². The van der Waals surface area contributed by atoms with E-state index in [9.17, 15) is 9.59 Å². The number of rotatable bonds is 7. The van der Waals surface area contributed by atoms with Crippen LogP contribution in [0.2, 0.25) is 10.0 Å². The maximum absolute atomic E-state index is 12.0. The fourth-order valence-electron chi connectivity index (χ4n) is 1.84. The van der Waals surface area contributed by atoms with Gasteiger partial charge in [0.1, 0.15) is 11.5 Å². The number of likely N-dealkylation sites (N-methyl/N-ethyl adjacent to an activating group) is 1. The molecule has 2 aromatic rings. The molecule has 26 heavy (non-hydrogen) atoms. The number of halogens is 2. The van der Waals surface area contributed by atoms with E-state index in [2.05, 4.69) is 5.32 Å². The summed E-state index contributed by atoms with van der Waals surface area (Å²) in [6.45, 7) is -0.261. The molecular formula is C18H18Cl2N2O4. The van der Waals surface area contributed by atoms with Gasteiger partial charge in [0.2, 0.25) is 0 Å². The van der Waals surface area contributed by atoms with Crippen molar-refractivity contribution in [3.8, 4) is 11.5 Å². The van der Waals surface area contributed by atoms with Gasteiger partial charge in [0, 0.05) is 30.9 Å². The van der Waals surface area contributed by atoms with Crippen molar-refractivity contribution in [2.24, 2.45) is 0 Å². The van der Waals surface area contributed by atoms with Crippen LogP contribution < -0.4 is 14.8 Å². The second-order valence-corrected chi connectivity index (χ2v) is 6.36. The molecule has 0 heterocycles. The monoisotopic (exact) mass is 396 g/mol. The van der Waals surface area contributed by atoms with E-state index in [-0.39, 0.29) is 25.0 Å². The fraction of sp³-hybridized carbons (Fsp3) is 0.222. The number of ether oxygens (including phenoxy) is 2. The zero-order valence-corrected chi connectivity index (χ0v) is 15.8. The summed E-state index contributed by atoms with van der Waals surface area (Å²) in [5.74, 6) is 0.375. The van der Waals surface area contributed by atoms with Crippen molar-refractivity contribution in [1.29, 1.82) is 0 Å². The van der Waals surface area contributed by atoms with Gasteiger partial charge >= 0.3 is 0 Å². The van der Waals surface area contributed by atoms with E-state index in [1.165, 1.54) is 4.90 Å². The van der Waals surface area contributed by atoms with Gasteiger partial charge in [-0.05, 0) is 36.4 Å². The maximum atomic E-state index is 12.0. The molecule has 0 aliphatic rings. The molecule has 0 aliphatic heterocycles. The summed E-state index contributed by atoms with van der Waals surface area (Å²) < 4.78 is 10.7. The molecule has 0 unspecified atom stereocenters. The smallest absolute Gasteiger partial charge is 0.262 e. The van der Waals surface area contributed by atoms with Gasteiger partial charge in [-0.3, -0.25) is 9.59 Å². The summed E-state index contributed by atoms with van der Waals surface area (Å²) in [5.41, 5.74) is 0.571. The number of benzene rings is 2. The first-order valence-corrected chi connectivity index (χ1v) is 8.41. The zero-order chi connectivity index (χ0) is 19.1. The van der Waals surface area contributed by atoms with Crippen LogP contribution in [-0.2, 0) is 9.59 Å². The van der Waals surface area contributed by atoms with E-state index in [1.807, 2.05) is 0 Å². The van der Waals surface area contributed by atoms with Gasteiger partial charge in [-0.1, -0.05) is 23.2 Å². The Labute approximate surface area is 161 Å². The minimum absolute atomic E-state index is 0.0487. The zero-order valence-electron chi connectivity index (χ0n) is 14.3. The van der Waals surface area contributed by atoms with Crippen LogP contribution in [0, 0.1) is 0 Å². The Morgan fingerprint density at radius 3 is 2.35 bits per heavy atom. The molecule has 2 amide bonds. The number of anilines is 1. The summed E-state index contributed by atoms with van der Waals surface area (Å²) >= 11 is 11.8. The lowest BCUT2D eigenvalue weighted by molar-refractivity contribution is -0.130.